The Morgan fingerprint density at radius 3 is 2.30 bits per heavy atom. The highest BCUT2D eigenvalue weighted by Gasteiger charge is 2.19. The van der Waals surface area contributed by atoms with Crippen molar-refractivity contribution < 1.29 is 0 Å². The lowest BCUT2D eigenvalue weighted by Crippen LogP contribution is -2.27. The number of hydrogen-bond acceptors (Lipinski definition) is 8. The van der Waals surface area contributed by atoms with Crippen LogP contribution < -0.4 is 5.73 Å². The molecule has 0 aliphatic carbocycles. The zero-order valence-electron chi connectivity index (χ0n) is 13.0. The molecule has 2 heterocycles. The van der Waals surface area contributed by atoms with Crippen LogP contribution in [0.5, 0.6) is 0 Å². The third-order valence-electron chi connectivity index (χ3n) is 3.57. The fraction of sp³-hybridized carbons (Fsp3) is 0.385. The standard InChI is InChI=1S/C13H18N10/c1-3-21(4-2)9-22-12(15-17-19-22)13-16-18-20-23(13)11-7-5-10(14)6-8-11/h5-8H,3-4,9,14H2,1-2H3. The molecule has 0 unspecified atom stereocenters. The number of nitrogen functional groups attached to an aromatic ring is 1. The summed E-state index contributed by atoms with van der Waals surface area (Å²) in [5.41, 5.74) is 7.18. The molecule has 0 bridgehead atoms. The predicted octanol–water partition coefficient (Wildman–Crippen LogP) is 0.197. The highest BCUT2D eigenvalue weighted by atomic mass is 15.6. The van der Waals surface area contributed by atoms with Gasteiger partial charge in [-0.3, -0.25) is 4.90 Å². The van der Waals surface area contributed by atoms with Gasteiger partial charge in [-0.05, 0) is 58.2 Å². The molecule has 0 amide bonds. The van der Waals surface area contributed by atoms with Crippen LogP contribution in [-0.2, 0) is 6.67 Å². The third kappa shape index (κ3) is 3.01. The van der Waals surface area contributed by atoms with Crippen molar-refractivity contribution in [2.45, 2.75) is 20.5 Å². The maximum absolute atomic E-state index is 5.72. The Labute approximate surface area is 132 Å². The smallest absolute Gasteiger partial charge is 0.226 e. The van der Waals surface area contributed by atoms with E-state index in [0.717, 1.165) is 18.8 Å². The minimum atomic E-state index is 0.479. The first-order valence-corrected chi connectivity index (χ1v) is 7.36. The average molecular weight is 314 g/mol. The van der Waals surface area contributed by atoms with Crippen molar-refractivity contribution in [1.82, 2.24) is 45.3 Å². The summed E-state index contributed by atoms with van der Waals surface area (Å²) in [6.45, 7) is 6.55. The molecule has 0 saturated carbocycles. The van der Waals surface area contributed by atoms with Crippen molar-refractivity contribution >= 4 is 5.69 Å². The maximum Gasteiger partial charge on any atom is 0.226 e. The molecule has 0 aliphatic heterocycles. The summed E-state index contributed by atoms with van der Waals surface area (Å²) in [7, 11) is 0. The summed E-state index contributed by atoms with van der Waals surface area (Å²) >= 11 is 0. The second-order valence-electron chi connectivity index (χ2n) is 4.95. The predicted molar refractivity (Wildman–Crippen MR) is 83.3 cm³/mol. The largest absolute Gasteiger partial charge is 0.399 e. The summed E-state index contributed by atoms with van der Waals surface area (Å²) in [4.78, 5) is 2.19. The van der Waals surface area contributed by atoms with Crippen LogP contribution in [0.25, 0.3) is 17.3 Å². The molecule has 10 heteroatoms. The van der Waals surface area contributed by atoms with Gasteiger partial charge in [0.2, 0.25) is 11.6 Å². The van der Waals surface area contributed by atoms with Crippen LogP contribution in [0, 0.1) is 0 Å². The number of nitrogens with zero attached hydrogens (tertiary/aromatic N) is 9. The second kappa shape index (κ2) is 6.48. The van der Waals surface area contributed by atoms with Gasteiger partial charge in [-0.15, -0.1) is 10.2 Å². The lowest BCUT2D eigenvalue weighted by Gasteiger charge is -2.17. The Bertz CT molecular complexity index is 755. The molecule has 120 valence electrons. The van der Waals surface area contributed by atoms with Gasteiger partial charge in [0.05, 0.1) is 12.4 Å². The quantitative estimate of drug-likeness (QED) is 0.641. The summed E-state index contributed by atoms with van der Waals surface area (Å²) in [6.07, 6.45) is 0. The first kappa shape index (κ1) is 15.0. The zero-order chi connectivity index (χ0) is 16.2. The summed E-state index contributed by atoms with van der Waals surface area (Å²) in [5, 5.41) is 23.7. The molecule has 2 N–H and O–H groups in total. The number of tetrazole rings is 2. The van der Waals surface area contributed by atoms with Gasteiger partial charge >= 0.3 is 0 Å². The van der Waals surface area contributed by atoms with Gasteiger partial charge in [-0.1, -0.05) is 13.8 Å². The van der Waals surface area contributed by atoms with Crippen molar-refractivity contribution in [3.63, 3.8) is 0 Å². The maximum atomic E-state index is 5.72. The lowest BCUT2D eigenvalue weighted by molar-refractivity contribution is 0.228. The molecule has 3 aromatic rings. The minimum Gasteiger partial charge on any atom is -0.399 e. The van der Waals surface area contributed by atoms with Gasteiger partial charge in [-0.2, -0.15) is 4.68 Å². The van der Waals surface area contributed by atoms with Gasteiger partial charge in [-0.25, -0.2) is 4.68 Å². The van der Waals surface area contributed by atoms with Gasteiger partial charge in [0, 0.05) is 5.69 Å². The van der Waals surface area contributed by atoms with Crippen LogP contribution in [0.3, 0.4) is 0 Å². The van der Waals surface area contributed by atoms with Gasteiger partial charge in [0.25, 0.3) is 0 Å². The molecule has 10 nitrogen and oxygen atoms in total. The Hall–Kier alpha value is -2.88. The van der Waals surface area contributed by atoms with Crippen LogP contribution in [0.4, 0.5) is 5.69 Å². The summed E-state index contributed by atoms with van der Waals surface area (Å²) < 4.78 is 3.27. The molecule has 0 fully saturated rings. The monoisotopic (exact) mass is 314 g/mol. The van der Waals surface area contributed by atoms with Crippen molar-refractivity contribution in [1.29, 1.82) is 0 Å². The van der Waals surface area contributed by atoms with Crippen LogP contribution in [0.15, 0.2) is 24.3 Å². The van der Waals surface area contributed by atoms with E-state index in [1.54, 1.807) is 21.5 Å². The molecule has 0 saturated heterocycles. The Balaban J connectivity index is 1.96. The molecule has 0 aliphatic rings. The van der Waals surface area contributed by atoms with E-state index in [2.05, 4.69) is 49.8 Å². The van der Waals surface area contributed by atoms with E-state index in [4.69, 9.17) is 5.73 Å². The number of anilines is 1. The van der Waals surface area contributed by atoms with Crippen LogP contribution in [0.2, 0.25) is 0 Å². The van der Waals surface area contributed by atoms with Crippen molar-refractivity contribution in [3.8, 4) is 17.3 Å². The summed E-state index contributed by atoms with van der Waals surface area (Å²) in [6, 6.07) is 7.26. The molecule has 3 rings (SSSR count). The van der Waals surface area contributed by atoms with Crippen molar-refractivity contribution in [2.24, 2.45) is 0 Å². The number of nitrogens with two attached hydrogens (primary N) is 1. The molecule has 1 aromatic carbocycles. The zero-order valence-corrected chi connectivity index (χ0v) is 13.0. The molecule has 2 aromatic heterocycles. The molecule has 0 atom stereocenters. The Kier molecular flexibility index (Phi) is 4.24. The third-order valence-corrected chi connectivity index (χ3v) is 3.57. The van der Waals surface area contributed by atoms with E-state index in [0.29, 0.717) is 24.0 Å². The van der Waals surface area contributed by atoms with E-state index in [9.17, 15) is 0 Å². The molecule has 0 radical (unpaired) electrons. The molecular formula is C13H18N10. The van der Waals surface area contributed by atoms with E-state index >= 15 is 0 Å². The lowest BCUT2D eigenvalue weighted by atomic mass is 10.3. The van der Waals surface area contributed by atoms with Crippen LogP contribution in [0.1, 0.15) is 13.8 Å². The van der Waals surface area contributed by atoms with E-state index in [1.807, 2.05) is 12.1 Å². The normalized spacial score (nSPS) is 11.3. The Morgan fingerprint density at radius 1 is 0.957 bits per heavy atom. The molecule has 23 heavy (non-hydrogen) atoms. The minimum absolute atomic E-state index is 0.479. The van der Waals surface area contributed by atoms with E-state index in [-0.39, 0.29) is 0 Å². The fourth-order valence-corrected chi connectivity index (χ4v) is 2.19. The van der Waals surface area contributed by atoms with Crippen LogP contribution in [-0.4, -0.2) is 58.4 Å². The van der Waals surface area contributed by atoms with Crippen molar-refractivity contribution in [3.05, 3.63) is 24.3 Å². The number of benzene rings is 1. The first-order chi connectivity index (χ1) is 11.2. The summed E-state index contributed by atoms with van der Waals surface area (Å²) in [5.74, 6) is 0.991. The molecule has 0 spiro atoms. The number of aromatic nitrogens is 8. The fourth-order valence-electron chi connectivity index (χ4n) is 2.19. The Morgan fingerprint density at radius 2 is 1.61 bits per heavy atom. The average Bonchev–Trinajstić information content (AvgIpc) is 3.21. The SMILES string of the molecule is CCN(CC)Cn1nnnc1-c1nnnn1-c1ccc(N)cc1. The number of hydrogen-bond donors (Lipinski definition) is 1. The van der Waals surface area contributed by atoms with Crippen molar-refractivity contribution in [2.75, 3.05) is 18.8 Å². The van der Waals surface area contributed by atoms with E-state index in [1.165, 1.54) is 0 Å². The van der Waals surface area contributed by atoms with Gasteiger partial charge in [0.1, 0.15) is 0 Å². The van der Waals surface area contributed by atoms with E-state index < -0.39 is 0 Å². The van der Waals surface area contributed by atoms with Gasteiger partial charge < -0.3 is 5.73 Å². The second-order valence-corrected chi connectivity index (χ2v) is 4.95. The number of rotatable bonds is 6. The topological polar surface area (TPSA) is 116 Å². The highest BCUT2D eigenvalue weighted by Crippen LogP contribution is 2.17. The van der Waals surface area contributed by atoms with Crippen LogP contribution >= 0.6 is 0 Å². The highest BCUT2D eigenvalue weighted by molar-refractivity contribution is 5.50. The first-order valence-electron chi connectivity index (χ1n) is 7.36. The van der Waals surface area contributed by atoms with Gasteiger partial charge in [0.15, 0.2) is 0 Å². The molecular weight excluding hydrogens is 296 g/mol.